The molecule has 1 aromatic rings. The fourth-order valence-corrected chi connectivity index (χ4v) is 1.03. The van der Waals surface area contributed by atoms with Crippen molar-refractivity contribution in [2.75, 3.05) is 0 Å². The number of ether oxygens (including phenoxy) is 1. The standard InChI is InChI=1S/C8H5ClF3NO3/c1-3-5(14)2-4(6(9)15)13-7(3)16-8(10,11)12/h2H,1H3,(H,13,14). The molecule has 0 saturated carbocycles. The van der Waals surface area contributed by atoms with Gasteiger partial charge in [-0.3, -0.25) is 9.59 Å². The molecule has 0 atom stereocenters. The fraction of sp³-hybridized carbons (Fsp3) is 0.250. The Kier molecular flexibility index (Phi) is 3.27. The number of alkyl halides is 3. The molecule has 88 valence electrons. The Hall–Kier alpha value is -1.50. The van der Waals surface area contributed by atoms with Crippen LogP contribution in [0.5, 0.6) is 5.88 Å². The Morgan fingerprint density at radius 1 is 1.50 bits per heavy atom. The molecule has 1 rings (SSSR count). The zero-order chi connectivity index (χ0) is 12.5. The van der Waals surface area contributed by atoms with Crippen molar-refractivity contribution in [2.45, 2.75) is 13.3 Å². The van der Waals surface area contributed by atoms with Crippen molar-refractivity contribution in [3.8, 4) is 5.88 Å². The number of halogens is 4. The number of aromatic amines is 1. The molecule has 0 aliphatic rings. The largest absolute Gasteiger partial charge is 0.574 e. The van der Waals surface area contributed by atoms with Gasteiger partial charge >= 0.3 is 6.36 Å². The molecule has 8 heteroatoms. The number of pyridine rings is 1. The molecule has 0 aliphatic carbocycles. The topological polar surface area (TPSA) is 59.2 Å². The Morgan fingerprint density at radius 3 is 2.50 bits per heavy atom. The van der Waals surface area contributed by atoms with E-state index in [1.165, 1.54) is 0 Å². The fourth-order valence-electron chi connectivity index (χ4n) is 0.927. The molecule has 1 heterocycles. The highest BCUT2D eigenvalue weighted by atomic mass is 35.5. The van der Waals surface area contributed by atoms with Crippen LogP contribution in [0.15, 0.2) is 10.9 Å². The van der Waals surface area contributed by atoms with E-state index in [0.29, 0.717) is 0 Å². The lowest BCUT2D eigenvalue weighted by molar-refractivity contribution is -0.276. The lowest BCUT2D eigenvalue weighted by atomic mass is 10.2. The van der Waals surface area contributed by atoms with Crippen LogP contribution in [-0.2, 0) is 0 Å². The van der Waals surface area contributed by atoms with Crippen molar-refractivity contribution in [1.82, 2.24) is 4.98 Å². The van der Waals surface area contributed by atoms with Crippen LogP contribution in [0, 0.1) is 6.92 Å². The SMILES string of the molecule is Cc1c(OC(F)(F)F)[nH]c(C(=O)Cl)cc1=O. The van der Waals surface area contributed by atoms with E-state index in [0.717, 1.165) is 13.0 Å². The van der Waals surface area contributed by atoms with Crippen LogP contribution < -0.4 is 10.2 Å². The van der Waals surface area contributed by atoms with Crippen LogP contribution in [0.1, 0.15) is 16.1 Å². The van der Waals surface area contributed by atoms with Gasteiger partial charge in [-0.05, 0) is 18.5 Å². The van der Waals surface area contributed by atoms with Crippen LogP contribution in [-0.4, -0.2) is 16.6 Å². The summed E-state index contributed by atoms with van der Waals surface area (Å²) in [5.74, 6) is -0.844. The summed E-state index contributed by atoms with van der Waals surface area (Å²) in [6.07, 6.45) is -4.96. The lowest BCUT2D eigenvalue weighted by Crippen LogP contribution is -2.22. The van der Waals surface area contributed by atoms with Gasteiger partial charge in [0, 0.05) is 6.07 Å². The summed E-state index contributed by atoms with van der Waals surface area (Å²) >= 11 is 5.02. The third-order valence-corrected chi connectivity index (χ3v) is 1.87. The highest BCUT2D eigenvalue weighted by Gasteiger charge is 2.32. The summed E-state index contributed by atoms with van der Waals surface area (Å²) < 4.78 is 39.3. The van der Waals surface area contributed by atoms with Gasteiger partial charge < -0.3 is 9.72 Å². The molecular formula is C8H5ClF3NO3. The molecule has 0 aromatic carbocycles. The van der Waals surface area contributed by atoms with Crippen molar-refractivity contribution >= 4 is 16.8 Å². The van der Waals surface area contributed by atoms with Gasteiger partial charge in [-0.1, -0.05) is 0 Å². The number of rotatable bonds is 2. The average molecular weight is 256 g/mol. The van der Waals surface area contributed by atoms with E-state index >= 15 is 0 Å². The molecule has 4 nitrogen and oxygen atoms in total. The van der Waals surface area contributed by atoms with Gasteiger partial charge in [-0.25, -0.2) is 0 Å². The molecule has 1 N–H and O–H groups in total. The summed E-state index contributed by atoms with van der Waals surface area (Å²) in [5, 5.41) is -1.08. The van der Waals surface area contributed by atoms with Gasteiger partial charge in [0.1, 0.15) is 5.69 Å². The van der Waals surface area contributed by atoms with E-state index in [1.807, 2.05) is 4.98 Å². The molecule has 0 amide bonds. The molecule has 16 heavy (non-hydrogen) atoms. The van der Waals surface area contributed by atoms with E-state index < -0.39 is 28.6 Å². The lowest BCUT2D eigenvalue weighted by Gasteiger charge is -2.11. The number of hydrogen-bond donors (Lipinski definition) is 1. The molecule has 0 radical (unpaired) electrons. The van der Waals surface area contributed by atoms with E-state index in [2.05, 4.69) is 4.74 Å². The summed E-state index contributed by atoms with van der Waals surface area (Å²) in [4.78, 5) is 23.8. The van der Waals surface area contributed by atoms with Gasteiger partial charge in [-0.2, -0.15) is 0 Å². The predicted octanol–water partition coefficient (Wildman–Crippen LogP) is 1.96. The maximum atomic E-state index is 11.9. The van der Waals surface area contributed by atoms with E-state index in [1.54, 1.807) is 0 Å². The van der Waals surface area contributed by atoms with Gasteiger partial charge in [0.15, 0.2) is 5.43 Å². The molecule has 0 spiro atoms. The first kappa shape index (κ1) is 12.6. The Morgan fingerprint density at radius 2 is 2.06 bits per heavy atom. The quantitative estimate of drug-likeness (QED) is 0.822. The molecule has 0 aliphatic heterocycles. The number of aromatic nitrogens is 1. The first-order valence-electron chi connectivity index (χ1n) is 3.90. The average Bonchev–Trinajstić information content (AvgIpc) is 2.10. The van der Waals surface area contributed by atoms with Crippen molar-refractivity contribution in [1.29, 1.82) is 0 Å². The Bertz CT molecular complexity index is 480. The molecule has 0 saturated heterocycles. The minimum Gasteiger partial charge on any atom is -0.389 e. The first-order valence-corrected chi connectivity index (χ1v) is 4.28. The van der Waals surface area contributed by atoms with E-state index in [9.17, 15) is 22.8 Å². The second-order valence-electron chi connectivity index (χ2n) is 2.82. The zero-order valence-electron chi connectivity index (χ0n) is 7.81. The maximum Gasteiger partial charge on any atom is 0.574 e. The number of nitrogens with one attached hydrogen (secondary N) is 1. The van der Waals surface area contributed by atoms with Crippen LogP contribution in [0.2, 0.25) is 0 Å². The monoisotopic (exact) mass is 255 g/mol. The van der Waals surface area contributed by atoms with Crippen LogP contribution in [0.25, 0.3) is 0 Å². The number of carbonyl (C=O) groups is 1. The second-order valence-corrected chi connectivity index (χ2v) is 3.17. The minimum atomic E-state index is -4.96. The van der Waals surface area contributed by atoms with Crippen molar-refractivity contribution in [2.24, 2.45) is 0 Å². The third-order valence-electron chi connectivity index (χ3n) is 1.66. The second kappa shape index (κ2) is 4.17. The number of H-pyrrole nitrogens is 1. The van der Waals surface area contributed by atoms with Crippen LogP contribution in [0.3, 0.4) is 0 Å². The molecule has 0 bridgehead atoms. The Balaban J connectivity index is 3.28. The van der Waals surface area contributed by atoms with Crippen molar-refractivity contribution < 1.29 is 22.7 Å². The van der Waals surface area contributed by atoms with Crippen molar-refractivity contribution in [3.63, 3.8) is 0 Å². The van der Waals surface area contributed by atoms with Crippen molar-refractivity contribution in [3.05, 3.63) is 27.5 Å². The highest BCUT2D eigenvalue weighted by Crippen LogP contribution is 2.22. The maximum absolute atomic E-state index is 11.9. The molecule has 1 aromatic heterocycles. The van der Waals surface area contributed by atoms with E-state index in [-0.39, 0.29) is 5.56 Å². The summed E-state index contributed by atoms with van der Waals surface area (Å²) in [6, 6.07) is 0.800. The number of hydrogen-bond acceptors (Lipinski definition) is 3. The molecule has 0 unspecified atom stereocenters. The van der Waals surface area contributed by atoms with Crippen LogP contribution in [0.4, 0.5) is 13.2 Å². The van der Waals surface area contributed by atoms with Crippen LogP contribution >= 0.6 is 11.6 Å². The predicted molar refractivity (Wildman–Crippen MR) is 48.7 cm³/mol. The summed E-state index contributed by atoms with van der Waals surface area (Å²) in [5.41, 5.74) is -1.53. The summed E-state index contributed by atoms with van der Waals surface area (Å²) in [6.45, 7) is 1.13. The highest BCUT2D eigenvalue weighted by molar-refractivity contribution is 6.67. The smallest absolute Gasteiger partial charge is 0.389 e. The molecule has 0 fully saturated rings. The number of carbonyl (C=O) groups excluding carboxylic acids is 1. The minimum absolute atomic E-state index is 0.293. The van der Waals surface area contributed by atoms with E-state index in [4.69, 9.17) is 11.6 Å². The van der Waals surface area contributed by atoms with Gasteiger partial charge in [0.25, 0.3) is 5.24 Å². The third kappa shape index (κ3) is 2.99. The summed E-state index contributed by atoms with van der Waals surface area (Å²) in [7, 11) is 0. The first-order chi connectivity index (χ1) is 7.20. The Labute approximate surface area is 92.0 Å². The van der Waals surface area contributed by atoms with Gasteiger partial charge in [0.05, 0.1) is 5.56 Å². The normalized spacial score (nSPS) is 11.3. The van der Waals surface area contributed by atoms with Gasteiger partial charge in [-0.15, -0.1) is 13.2 Å². The molecular weight excluding hydrogens is 251 g/mol. The van der Waals surface area contributed by atoms with Gasteiger partial charge in [0.2, 0.25) is 5.88 Å². The zero-order valence-corrected chi connectivity index (χ0v) is 8.57.